The topological polar surface area (TPSA) is 61.5 Å². The smallest absolute Gasteiger partial charge is 0.232 e. The minimum Gasteiger partial charge on any atom is -0.496 e. The van der Waals surface area contributed by atoms with Crippen LogP contribution in [0.3, 0.4) is 0 Å². The fourth-order valence-electron chi connectivity index (χ4n) is 1.78. The van der Waals surface area contributed by atoms with E-state index in [0.29, 0.717) is 19.0 Å². The molecule has 0 unspecified atom stereocenters. The SMILES string of the molecule is COc1ccccc1C1(C(N)=O)COC1. The zero-order chi connectivity index (χ0) is 10.9. The number of benzene rings is 1. The van der Waals surface area contributed by atoms with Gasteiger partial charge in [-0.1, -0.05) is 18.2 Å². The van der Waals surface area contributed by atoms with Gasteiger partial charge in [0.2, 0.25) is 5.91 Å². The van der Waals surface area contributed by atoms with Gasteiger partial charge in [-0.15, -0.1) is 0 Å². The van der Waals surface area contributed by atoms with Gasteiger partial charge in [0.25, 0.3) is 0 Å². The van der Waals surface area contributed by atoms with Crippen molar-refractivity contribution in [1.82, 2.24) is 0 Å². The highest BCUT2D eigenvalue weighted by atomic mass is 16.5. The van der Waals surface area contributed by atoms with Crippen LogP contribution in [0.5, 0.6) is 5.75 Å². The maximum absolute atomic E-state index is 11.5. The summed E-state index contributed by atoms with van der Waals surface area (Å²) in [7, 11) is 1.58. The summed E-state index contributed by atoms with van der Waals surface area (Å²) < 4.78 is 10.3. The number of ether oxygens (including phenoxy) is 2. The molecule has 80 valence electrons. The van der Waals surface area contributed by atoms with Gasteiger partial charge in [-0.3, -0.25) is 4.79 Å². The molecule has 1 aliphatic rings. The predicted molar refractivity (Wildman–Crippen MR) is 54.7 cm³/mol. The third kappa shape index (κ3) is 1.37. The summed E-state index contributed by atoms with van der Waals surface area (Å²) in [5.74, 6) is 0.317. The molecule has 0 atom stereocenters. The molecule has 0 spiro atoms. The summed E-state index contributed by atoms with van der Waals surface area (Å²) in [6, 6.07) is 7.39. The number of methoxy groups -OCH3 is 1. The van der Waals surface area contributed by atoms with Crippen LogP contribution in [-0.2, 0) is 14.9 Å². The van der Waals surface area contributed by atoms with Crippen molar-refractivity contribution in [2.45, 2.75) is 5.41 Å². The van der Waals surface area contributed by atoms with E-state index in [4.69, 9.17) is 15.2 Å². The van der Waals surface area contributed by atoms with Crippen molar-refractivity contribution >= 4 is 5.91 Å². The molecule has 4 nitrogen and oxygen atoms in total. The summed E-state index contributed by atoms with van der Waals surface area (Å²) in [5.41, 5.74) is 5.52. The highest BCUT2D eigenvalue weighted by Gasteiger charge is 2.47. The molecule has 1 aliphatic heterocycles. The lowest BCUT2D eigenvalue weighted by Crippen LogP contribution is -2.56. The van der Waals surface area contributed by atoms with E-state index in [1.54, 1.807) is 7.11 Å². The Morgan fingerprint density at radius 2 is 2.13 bits per heavy atom. The third-order valence-electron chi connectivity index (χ3n) is 2.79. The number of carbonyl (C=O) groups excluding carboxylic acids is 1. The number of hydrogen-bond donors (Lipinski definition) is 1. The maximum Gasteiger partial charge on any atom is 0.232 e. The second-order valence-corrected chi connectivity index (χ2v) is 3.64. The highest BCUT2D eigenvalue weighted by Crippen LogP contribution is 2.37. The van der Waals surface area contributed by atoms with E-state index in [-0.39, 0.29) is 5.91 Å². The Labute approximate surface area is 88.0 Å². The first-order valence-electron chi connectivity index (χ1n) is 4.72. The van der Waals surface area contributed by atoms with Crippen molar-refractivity contribution < 1.29 is 14.3 Å². The van der Waals surface area contributed by atoms with Gasteiger partial charge in [0.15, 0.2) is 0 Å². The van der Waals surface area contributed by atoms with Crippen molar-refractivity contribution in [2.24, 2.45) is 5.73 Å². The van der Waals surface area contributed by atoms with Crippen LogP contribution in [0, 0.1) is 0 Å². The Kier molecular flexibility index (Phi) is 2.36. The van der Waals surface area contributed by atoms with E-state index >= 15 is 0 Å². The number of amides is 1. The number of rotatable bonds is 3. The van der Waals surface area contributed by atoms with Crippen LogP contribution >= 0.6 is 0 Å². The average Bonchev–Trinajstić information content (AvgIpc) is 2.16. The van der Waals surface area contributed by atoms with Crippen LogP contribution in [0.2, 0.25) is 0 Å². The van der Waals surface area contributed by atoms with Gasteiger partial charge in [-0.05, 0) is 6.07 Å². The van der Waals surface area contributed by atoms with Crippen LogP contribution in [-0.4, -0.2) is 26.2 Å². The fraction of sp³-hybridized carbons (Fsp3) is 0.364. The first-order chi connectivity index (χ1) is 7.20. The summed E-state index contributed by atoms with van der Waals surface area (Å²) in [5, 5.41) is 0. The molecule has 15 heavy (non-hydrogen) atoms. The highest BCUT2D eigenvalue weighted by molar-refractivity contribution is 5.89. The second-order valence-electron chi connectivity index (χ2n) is 3.64. The van der Waals surface area contributed by atoms with Crippen LogP contribution in [0.25, 0.3) is 0 Å². The van der Waals surface area contributed by atoms with Gasteiger partial charge in [0, 0.05) is 5.56 Å². The third-order valence-corrected chi connectivity index (χ3v) is 2.79. The van der Waals surface area contributed by atoms with E-state index in [1.165, 1.54) is 0 Å². The van der Waals surface area contributed by atoms with E-state index in [0.717, 1.165) is 5.56 Å². The molecular weight excluding hydrogens is 194 g/mol. The molecular formula is C11H13NO3. The lowest BCUT2D eigenvalue weighted by Gasteiger charge is -2.39. The second kappa shape index (κ2) is 3.55. The van der Waals surface area contributed by atoms with Crippen LogP contribution < -0.4 is 10.5 Å². The largest absolute Gasteiger partial charge is 0.496 e. The van der Waals surface area contributed by atoms with Crippen LogP contribution in [0.15, 0.2) is 24.3 Å². The molecule has 1 aromatic carbocycles. The molecule has 1 fully saturated rings. The van der Waals surface area contributed by atoms with Crippen LogP contribution in [0.1, 0.15) is 5.56 Å². The zero-order valence-corrected chi connectivity index (χ0v) is 8.53. The molecule has 0 bridgehead atoms. The maximum atomic E-state index is 11.5. The Balaban J connectivity index is 2.47. The van der Waals surface area contributed by atoms with Gasteiger partial charge < -0.3 is 15.2 Å². The number of nitrogens with two attached hydrogens (primary N) is 1. The number of hydrogen-bond acceptors (Lipinski definition) is 3. The van der Waals surface area contributed by atoms with Gasteiger partial charge in [0.1, 0.15) is 11.2 Å². The molecule has 2 N–H and O–H groups in total. The monoisotopic (exact) mass is 207 g/mol. The van der Waals surface area contributed by atoms with Gasteiger partial charge in [0.05, 0.1) is 20.3 Å². The van der Waals surface area contributed by atoms with Gasteiger partial charge >= 0.3 is 0 Å². The summed E-state index contributed by atoms with van der Waals surface area (Å²) in [4.78, 5) is 11.5. The lowest BCUT2D eigenvalue weighted by molar-refractivity contribution is -0.141. The van der Waals surface area contributed by atoms with E-state index in [9.17, 15) is 4.79 Å². The number of carbonyl (C=O) groups is 1. The van der Waals surface area contributed by atoms with Crippen molar-refractivity contribution in [3.8, 4) is 5.75 Å². The van der Waals surface area contributed by atoms with E-state index in [1.807, 2.05) is 24.3 Å². The van der Waals surface area contributed by atoms with E-state index in [2.05, 4.69) is 0 Å². The average molecular weight is 207 g/mol. The number of primary amides is 1. The Bertz CT molecular complexity index is 385. The van der Waals surface area contributed by atoms with Crippen molar-refractivity contribution in [3.05, 3.63) is 29.8 Å². The summed E-state index contributed by atoms with van der Waals surface area (Å²) in [6.07, 6.45) is 0. The predicted octanol–water partition coefficient (Wildman–Crippen LogP) is 0.449. The minimum absolute atomic E-state index is 0.336. The molecule has 0 saturated carbocycles. The standard InChI is InChI=1S/C11H13NO3/c1-14-9-5-3-2-4-8(9)11(10(12)13)6-15-7-11/h2-5H,6-7H2,1H3,(H2,12,13). The zero-order valence-electron chi connectivity index (χ0n) is 8.53. The van der Waals surface area contributed by atoms with Crippen molar-refractivity contribution in [1.29, 1.82) is 0 Å². The summed E-state index contributed by atoms with van der Waals surface area (Å²) in [6.45, 7) is 0.672. The molecule has 1 aromatic rings. The molecule has 1 heterocycles. The Morgan fingerprint density at radius 3 is 2.60 bits per heavy atom. The first kappa shape index (κ1) is 9.98. The molecule has 1 saturated heterocycles. The van der Waals surface area contributed by atoms with E-state index < -0.39 is 5.41 Å². The molecule has 4 heteroatoms. The molecule has 0 aromatic heterocycles. The van der Waals surface area contributed by atoms with Gasteiger partial charge in [-0.2, -0.15) is 0 Å². The molecule has 1 amide bonds. The molecule has 2 rings (SSSR count). The van der Waals surface area contributed by atoms with Crippen molar-refractivity contribution in [3.63, 3.8) is 0 Å². The lowest BCUT2D eigenvalue weighted by atomic mass is 9.77. The van der Waals surface area contributed by atoms with Crippen molar-refractivity contribution in [2.75, 3.05) is 20.3 Å². The Hall–Kier alpha value is -1.55. The minimum atomic E-state index is -0.702. The Morgan fingerprint density at radius 1 is 1.47 bits per heavy atom. The molecule has 0 radical (unpaired) electrons. The van der Waals surface area contributed by atoms with Gasteiger partial charge in [-0.25, -0.2) is 0 Å². The summed E-state index contributed by atoms with van der Waals surface area (Å²) >= 11 is 0. The quantitative estimate of drug-likeness (QED) is 0.782. The normalized spacial score (nSPS) is 17.9. The van der Waals surface area contributed by atoms with Crippen LogP contribution in [0.4, 0.5) is 0 Å². The molecule has 0 aliphatic carbocycles. The number of para-hydroxylation sites is 1. The first-order valence-corrected chi connectivity index (χ1v) is 4.72. The fourth-order valence-corrected chi connectivity index (χ4v) is 1.78.